The Labute approximate surface area is 401 Å². The number of benzene rings is 1. The Morgan fingerprint density at radius 3 is 0.910 bits per heavy atom. The maximum Gasteiger partial charge on any atom is 0.305 e. The second kappa shape index (κ2) is 47.0. The second-order valence-electron chi connectivity index (χ2n) is 15.9. The van der Waals surface area contributed by atoms with E-state index < -0.39 is 0 Å². The fourth-order valence-electron chi connectivity index (χ4n) is 6.69. The zero-order valence-corrected chi connectivity index (χ0v) is 41.1. The Balaban J connectivity index is 1.13. The molecule has 0 bridgehead atoms. The van der Waals surface area contributed by atoms with Gasteiger partial charge in [0.15, 0.2) is 0 Å². The van der Waals surface area contributed by atoms with E-state index in [1.807, 2.05) is 0 Å². The van der Waals surface area contributed by atoms with Crippen molar-refractivity contribution in [2.45, 2.75) is 96.8 Å². The predicted octanol–water partition coefficient (Wildman–Crippen LogP) is 6.51. The Hall–Kier alpha value is -2.65. The molecule has 1 aromatic carbocycles. The number of unbranched alkanes of at least 4 members (excludes halogenated alkanes) is 12. The van der Waals surface area contributed by atoms with E-state index in [1.165, 1.54) is 75.5 Å². The number of nitrogens with zero attached hydrogens (tertiary/aromatic N) is 1. The highest BCUT2D eigenvalue weighted by atomic mass is 16.6. The number of imide groups is 1. The monoisotopic (exact) mass is 958 g/mol. The average Bonchev–Trinajstić information content (AvgIpc) is 3.58. The summed E-state index contributed by atoms with van der Waals surface area (Å²) in [5.41, 5.74) is 0.878. The number of amides is 2. The number of rotatable bonds is 53. The van der Waals surface area contributed by atoms with E-state index in [0.29, 0.717) is 170 Å². The molecule has 1 heterocycles. The fraction of sp³-hybridized carbons (Fsp3) is 0.820. The molecule has 17 heteroatoms. The highest BCUT2D eigenvalue weighted by Crippen LogP contribution is 2.22. The largest absolute Gasteiger partial charge is 0.463 e. The molecule has 0 saturated carbocycles. The molecule has 0 radical (unpaired) electrons. The highest BCUT2D eigenvalue weighted by molar-refractivity contribution is 6.21. The minimum absolute atomic E-state index is 0.138. The van der Waals surface area contributed by atoms with Crippen LogP contribution >= 0.6 is 0 Å². The third kappa shape index (κ3) is 36.0. The van der Waals surface area contributed by atoms with Gasteiger partial charge in [-0.1, -0.05) is 96.1 Å². The molecule has 17 nitrogen and oxygen atoms in total. The quantitative estimate of drug-likeness (QED) is 0.0393. The van der Waals surface area contributed by atoms with Gasteiger partial charge in [-0.3, -0.25) is 19.3 Å². The lowest BCUT2D eigenvalue weighted by Crippen LogP contribution is -2.33. The van der Waals surface area contributed by atoms with Crippen LogP contribution in [0.3, 0.4) is 0 Å². The molecule has 67 heavy (non-hydrogen) atoms. The van der Waals surface area contributed by atoms with Gasteiger partial charge in [0.2, 0.25) is 0 Å². The summed E-state index contributed by atoms with van der Waals surface area (Å²) in [5.74, 6) is -0.700. The highest BCUT2D eigenvalue weighted by Gasteiger charge is 2.34. The van der Waals surface area contributed by atoms with Gasteiger partial charge in [0.1, 0.15) is 6.61 Å². The molecule has 2 amide bonds. The summed E-state index contributed by atoms with van der Waals surface area (Å²) >= 11 is 0. The summed E-state index contributed by atoms with van der Waals surface area (Å²) < 4.78 is 71.3. The predicted molar refractivity (Wildman–Crippen MR) is 253 cm³/mol. The van der Waals surface area contributed by atoms with E-state index in [9.17, 15) is 14.4 Å². The fourth-order valence-corrected chi connectivity index (χ4v) is 6.69. The van der Waals surface area contributed by atoms with Gasteiger partial charge in [-0.25, -0.2) is 0 Å². The lowest BCUT2D eigenvalue weighted by atomic mass is 10.0. The summed E-state index contributed by atoms with van der Waals surface area (Å²) in [5, 5.41) is 0. The van der Waals surface area contributed by atoms with Crippen LogP contribution in [0.5, 0.6) is 0 Å². The maximum absolute atomic E-state index is 12.3. The van der Waals surface area contributed by atoms with Crippen molar-refractivity contribution in [2.24, 2.45) is 0 Å². The third-order valence-corrected chi connectivity index (χ3v) is 10.4. The van der Waals surface area contributed by atoms with E-state index >= 15 is 0 Å². The van der Waals surface area contributed by atoms with Crippen molar-refractivity contribution in [1.82, 2.24) is 4.90 Å². The van der Waals surface area contributed by atoms with Gasteiger partial charge in [0, 0.05) is 6.42 Å². The molecule has 0 atom stereocenters. The minimum Gasteiger partial charge on any atom is -0.463 e. The summed E-state index contributed by atoms with van der Waals surface area (Å²) in [7, 11) is 0. The molecule has 0 fully saturated rings. The molecule has 1 aliphatic heterocycles. The van der Waals surface area contributed by atoms with Crippen molar-refractivity contribution in [2.75, 3.05) is 172 Å². The van der Waals surface area contributed by atoms with E-state index in [1.54, 1.807) is 24.3 Å². The number of ether oxygens (including phenoxy) is 13. The number of carbonyl (C=O) groups excluding carboxylic acids is 3. The van der Waals surface area contributed by atoms with Crippen LogP contribution in [0.25, 0.3) is 0 Å². The normalized spacial score (nSPS) is 12.5. The molecule has 0 spiro atoms. The maximum atomic E-state index is 12.3. The van der Waals surface area contributed by atoms with Gasteiger partial charge in [-0.05, 0) is 18.6 Å². The molecular weight excluding hydrogens is 871 g/mol. The number of hydrogen-bond donors (Lipinski definition) is 0. The van der Waals surface area contributed by atoms with Crippen molar-refractivity contribution in [3.8, 4) is 0 Å². The second-order valence-corrected chi connectivity index (χ2v) is 15.9. The van der Waals surface area contributed by atoms with Gasteiger partial charge >= 0.3 is 5.97 Å². The standard InChI is InChI=1S/C50H87NO16/c1-2-3-4-5-6-7-8-9-10-11-12-13-14-19-48(52)67-45-44-66-43-42-65-41-40-64-39-38-63-37-36-62-35-34-61-33-32-60-31-30-59-29-28-58-27-26-57-25-24-56-23-22-55-21-20-51-49(53)46-17-15-16-18-47(46)50(51)54/h15-18H,2-14,19-45H2,1H3. The zero-order chi connectivity index (χ0) is 47.8. The lowest BCUT2D eigenvalue weighted by molar-refractivity contribution is -0.145. The Bertz CT molecular complexity index is 1260. The van der Waals surface area contributed by atoms with E-state index in [4.69, 9.17) is 61.6 Å². The molecule has 388 valence electrons. The van der Waals surface area contributed by atoms with Crippen LogP contribution in [0.2, 0.25) is 0 Å². The van der Waals surface area contributed by atoms with Gasteiger partial charge in [0.25, 0.3) is 11.8 Å². The summed E-state index contributed by atoms with van der Waals surface area (Å²) in [6.07, 6.45) is 17.2. The summed E-state index contributed by atoms with van der Waals surface area (Å²) in [6, 6.07) is 6.82. The molecule has 1 aromatic rings. The summed E-state index contributed by atoms with van der Waals surface area (Å²) in [6.45, 7) is 13.5. The SMILES string of the molecule is CCCCCCCCCCCCCCCC(=O)OCCOCCOCCOCCOCCOCCOCCOCCOCCOCCOCCOCCOCCN1C(=O)c2ccccc2C1=O. The molecule has 0 N–H and O–H groups in total. The van der Waals surface area contributed by atoms with Crippen LogP contribution in [0.4, 0.5) is 0 Å². The molecular formula is C50H87NO16. The third-order valence-electron chi connectivity index (χ3n) is 10.4. The van der Waals surface area contributed by atoms with Crippen molar-refractivity contribution in [1.29, 1.82) is 0 Å². The minimum atomic E-state index is -0.281. The van der Waals surface area contributed by atoms with Gasteiger partial charge in [-0.2, -0.15) is 0 Å². The Morgan fingerprint density at radius 2 is 0.612 bits per heavy atom. The first kappa shape index (κ1) is 60.5. The van der Waals surface area contributed by atoms with Gasteiger partial charge < -0.3 is 61.6 Å². The number of fused-ring (bicyclic) bond motifs is 1. The smallest absolute Gasteiger partial charge is 0.305 e. The first-order valence-electron chi connectivity index (χ1n) is 25.2. The number of carbonyl (C=O) groups is 3. The first-order valence-corrected chi connectivity index (χ1v) is 25.2. The topological polar surface area (TPSA) is 174 Å². The van der Waals surface area contributed by atoms with Gasteiger partial charge in [-0.15, -0.1) is 0 Å². The van der Waals surface area contributed by atoms with Crippen LogP contribution in [-0.2, 0) is 66.4 Å². The zero-order valence-electron chi connectivity index (χ0n) is 41.1. The Morgan fingerprint density at radius 1 is 0.358 bits per heavy atom. The van der Waals surface area contributed by atoms with Crippen molar-refractivity contribution in [3.63, 3.8) is 0 Å². The van der Waals surface area contributed by atoms with Crippen molar-refractivity contribution in [3.05, 3.63) is 35.4 Å². The molecule has 0 aromatic heterocycles. The van der Waals surface area contributed by atoms with E-state index in [-0.39, 0.29) is 37.5 Å². The number of hydrogen-bond acceptors (Lipinski definition) is 16. The molecule has 0 unspecified atom stereocenters. The van der Waals surface area contributed by atoms with Crippen molar-refractivity contribution >= 4 is 17.8 Å². The molecule has 1 aliphatic rings. The summed E-state index contributed by atoms with van der Waals surface area (Å²) in [4.78, 5) is 37.8. The van der Waals surface area contributed by atoms with Crippen LogP contribution < -0.4 is 0 Å². The van der Waals surface area contributed by atoms with Crippen LogP contribution in [-0.4, -0.2) is 194 Å². The first-order chi connectivity index (χ1) is 33.1. The Kier molecular flexibility index (Phi) is 42.5. The van der Waals surface area contributed by atoms with Gasteiger partial charge in [0.05, 0.1) is 176 Å². The van der Waals surface area contributed by atoms with Crippen LogP contribution in [0, 0.1) is 0 Å². The van der Waals surface area contributed by atoms with E-state index in [2.05, 4.69) is 6.92 Å². The average molecular weight is 958 g/mol. The van der Waals surface area contributed by atoms with Crippen LogP contribution in [0.1, 0.15) is 118 Å². The van der Waals surface area contributed by atoms with Crippen LogP contribution in [0.15, 0.2) is 24.3 Å². The molecule has 0 aliphatic carbocycles. The number of esters is 1. The van der Waals surface area contributed by atoms with E-state index in [0.717, 1.165) is 12.8 Å². The molecule has 0 saturated heterocycles. The lowest BCUT2D eigenvalue weighted by Gasteiger charge is -2.13. The van der Waals surface area contributed by atoms with Crippen molar-refractivity contribution < 1.29 is 76.0 Å². The molecule has 2 rings (SSSR count).